The molecule has 0 radical (unpaired) electrons. The summed E-state index contributed by atoms with van der Waals surface area (Å²) in [5.41, 5.74) is 4.78. The van der Waals surface area contributed by atoms with Gasteiger partial charge in [-0.15, -0.1) is 0 Å². The summed E-state index contributed by atoms with van der Waals surface area (Å²) < 4.78 is 21.3. The van der Waals surface area contributed by atoms with Gasteiger partial charge >= 0.3 is 6.03 Å². The van der Waals surface area contributed by atoms with Crippen LogP contribution in [0, 0.1) is 0 Å². The zero-order chi connectivity index (χ0) is 9.14. The van der Waals surface area contributed by atoms with Gasteiger partial charge in [-0.1, -0.05) is 0 Å². The van der Waals surface area contributed by atoms with Crippen LogP contribution in [0.25, 0.3) is 0 Å². The summed E-state index contributed by atoms with van der Waals surface area (Å²) in [5, 5.41) is 5.83. The number of hydrogen-bond acceptors (Lipinski definition) is 4. The van der Waals surface area contributed by atoms with Crippen molar-refractivity contribution in [2.75, 3.05) is 4.31 Å². The number of aromatic amines is 1. The summed E-state index contributed by atoms with van der Waals surface area (Å²) in [5.74, 6) is -0.0430. The fourth-order valence-electron chi connectivity index (χ4n) is 0.647. The van der Waals surface area contributed by atoms with E-state index in [4.69, 9.17) is 5.73 Å². The van der Waals surface area contributed by atoms with Gasteiger partial charge in [-0.05, 0) is 0 Å². The first kappa shape index (κ1) is 8.53. The van der Waals surface area contributed by atoms with Gasteiger partial charge in [-0.2, -0.15) is 9.40 Å². The van der Waals surface area contributed by atoms with Gasteiger partial charge in [0.15, 0.2) is 5.82 Å². The van der Waals surface area contributed by atoms with Crippen molar-refractivity contribution in [1.82, 2.24) is 10.2 Å². The molecule has 0 atom stereocenters. The summed E-state index contributed by atoms with van der Waals surface area (Å²) in [4.78, 5) is 10.5. The average molecular weight is 190 g/mol. The van der Waals surface area contributed by atoms with E-state index in [0.717, 1.165) is 0 Å². The van der Waals surface area contributed by atoms with E-state index in [1.807, 2.05) is 0 Å². The van der Waals surface area contributed by atoms with Crippen LogP contribution >= 0.6 is 0 Å². The molecule has 1 rings (SSSR count). The Morgan fingerprint density at radius 1 is 1.67 bits per heavy atom. The van der Waals surface area contributed by atoms with Gasteiger partial charge in [0.05, 0.1) is 0 Å². The summed E-state index contributed by atoms with van der Waals surface area (Å²) in [6, 6.07) is 0.230. The monoisotopic (exact) mass is 190 g/mol. The lowest BCUT2D eigenvalue weighted by Gasteiger charge is -2.07. The molecule has 3 N–H and O–H groups in total. The number of anilines is 1. The summed E-state index contributed by atoms with van der Waals surface area (Å²) in [6.45, 7) is 0. The molecule has 0 aromatic carbocycles. The zero-order valence-electron chi connectivity index (χ0n) is 5.80. The van der Waals surface area contributed by atoms with Crippen molar-refractivity contribution in [2.45, 2.75) is 0 Å². The molecule has 0 aliphatic heterocycles. The number of nitrogens with one attached hydrogen (secondary N) is 1. The van der Waals surface area contributed by atoms with Crippen molar-refractivity contribution in [2.24, 2.45) is 5.73 Å². The Bertz CT molecular complexity index is 335. The van der Waals surface area contributed by atoms with E-state index >= 15 is 0 Å². The fourth-order valence-corrected chi connectivity index (χ4v) is 1.09. The molecule has 0 saturated carbocycles. The normalized spacial score (nSPS) is 10.1. The van der Waals surface area contributed by atoms with Crippen molar-refractivity contribution < 1.29 is 13.2 Å². The molecule has 12 heavy (non-hydrogen) atoms. The molecule has 8 heteroatoms. The number of rotatable bonds is 2. The number of amides is 2. The van der Waals surface area contributed by atoms with Gasteiger partial charge in [0, 0.05) is 12.3 Å². The lowest BCUT2D eigenvalue weighted by Crippen LogP contribution is -2.34. The predicted molar refractivity (Wildman–Crippen MR) is 41.0 cm³/mol. The highest BCUT2D eigenvalue weighted by molar-refractivity contribution is 7.75. The fraction of sp³-hybridized carbons (Fsp3) is 0. The summed E-state index contributed by atoms with van der Waals surface area (Å²) in [6.07, 6.45) is 1.38. The first-order chi connectivity index (χ1) is 5.63. The number of nitrogens with zero attached hydrogens (tertiary/aromatic N) is 2. The molecule has 1 aromatic rings. The van der Waals surface area contributed by atoms with E-state index < -0.39 is 16.9 Å². The molecule has 0 aliphatic rings. The number of thiol groups is 1. The lowest BCUT2D eigenvalue weighted by molar-refractivity contribution is 0.257. The predicted octanol–water partition coefficient (Wildman–Crippen LogP) is -1.18. The third-order valence-corrected chi connectivity index (χ3v) is 1.80. The standard InChI is InChI=1S/C4H6N4O3S/c5-4(9)8(12(10)11)3-1-2-6-7-3/h1-2,12H,(H2,5,9)(H,6,7). The Morgan fingerprint density at radius 3 is 2.67 bits per heavy atom. The number of carbonyl (C=O) groups excluding carboxylic acids is 1. The highest BCUT2D eigenvalue weighted by Gasteiger charge is 2.15. The van der Waals surface area contributed by atoms with E-state index in [1.165, 1.54) is 12.3 Å². The van der Waals surface area contributed by atoms with Crippen molar-refractivity contribution in [3.8, 4) is 0 Å². The molecular weight excluding hydrogens is 184 g/mol. The topological polar surface area (TPSA) is 109 Å². The SMILES string of the molecule is NC(=O)N(c1cc[nH]n1)[SH](=O)=O. The molecule has 0 spiro atoms. The van der Waals surface area contributed by atoms with Crippen LogP contribution in [0.2, 0.25) is 0 Å². The average Bonchev–Trinajstić information content (AvgIpc) is 2.37. The van der Waals surface area contributed by atoms with E-state index in [2.05, 4.69) is 10.2 Å². The van der Waals surface area contributed by atoms with Crippen LogP contribution in [-0.4, -0.2) is 24.6 Å². The van der Waals surface area contributed by atoms with Crippen molar-refractivity contribution >= 4 is 22.7 Å². The first-order valence-corrected chi connectivity index (χ1v) is 3.99. The quantitative estimate of drug-likeness (QED) is 0.510. The molecule has 0 fully saturated rings. The van der Waals surface area contributed by atoms with Crippen LogP contribution in [0.3, 0.4) is 0 Å². The number of aromatic nitrogens is 2. The van der Waals surface area contributed by atoms with Gasteiger partial charge in [0.25, 0.3) is 0 Å². The second-order valence-corrected chi connectivity index (χ2v) is 2.70. The van der Waals surface area contributed by atoms with Crippen LogP contribution in [0.5, 0.6) is 0 Å². The maximum atomic E-state index is 10.5. The van der Waals surface area contributed by atoms with Gasteiger partial charge < -0.3 is 5.73 Å². The summed E-state index contributed by atoms with van der Waals surface area (Å²) in [7, 11) is -3.08. The number of H-pyrrole nitrogens is 1. The molecule has 7 nitrogen and oxygen atoms in total. The van der Waals surface area contributed by atoms with E-state index in [-0.39, 0.29) is 5.82 Å². The van der Waals surface area contributed by atoms with Crippen molar-refractivity contribution in [3.63, 3.8) is 0 Å². The van der Waals surface area contributed by atoms with Gasteiger partial charge in [-0.25, -0.2) is 13.2 Å². The molecule has 2 amide bonds. The Kier molecular flexibility index (Phi) is 2.29. The molecule has 0 aliphatic carbocycles. The third kappa shape index (κ3) is 1.53. The lowest BCUT2D eigenvalue weighted by atomic mass is 10.6. The van der Waals surface area contributed by atoms with Crippen molar-refractivity contribution in [1.29, 1.82) is 0 Å². The number of primary amides is 1. The molecule has 66 valence electrons. The Labute approximate surface area is 69.2 Å². The molecule has 1 heterocycles. The minimum absolute atomic E-state index is 0.0430. The Hall–Kier alpha value is -1.57. The maximum absolute atomic E-state index is 10.5. The molecule has 1 aromatic heterocycles. The van der Waals surface area contributed by atoms with Gasteiger partial charge in [-0.3, -0.25) is 5.10 Å². The van der Waals surface area contributed by atoms with E-state index in [0.29, 0.717) is 4.31 Å². The second kappa shape index (κ2) is 3.22. The number of urea groups is 1. The number of hydrogen-bond donors (Lipinski definition) is 3. The first-order valence-electron chi connectivity index (χ1n) is 2.86. The highest BCUT2D eigenvalue weighted by atomic mass is 32.2. The molecule has 0 unspecified atom stereocenters. The Balaban J connectivity index is 3.04. The van der Waals surface area contributed by atoms with E-state index in [1.54, 1.807) is 0 Å². The van der Waals surface area contributed by atoms with Crippen molar-refractivity contribution in [3.05, 3.63) is 12.3 Å². The minimum atomic E-state index is -3.08. The third-order valence-electron chi connectivity index (χ3n) is 1.08. The van der Waals surface area contributed by atoms with Crippen LogP contribution < -0.4 is 10.0 Å². The Morgan fingerprint density at radius 2 is 2.33 bits per heavy atom. The zero-order valence-corrected chi connectivity index (χ0v) is 6.69. The van der Waals surface area contributed by atoms with Gasteiger partial charge in [0.2, 0.25) is 10.9 Å². The smallest absolute Gasteiger partial charge is 0.334 e. The number of carbonyl (C=O) groups is 1. The maximum Gasteiger partial charge on any atom is 0.334 e. The van der Waals surface area contributed by atoms with Crippen LogP contribution in [0.1, 0.15) is 0 Å². The molecule has 0 saturated heterocycles. The minimum Gasteiger partial charge on any atom is -0.350 e. The second-order valence-electron chi connectivity index (χ2n) is 1.82. The number of nitrogens with two attached hydrogens (primary N) is 1. The van der Waals surface area contributed by atoms with Crippen LogP contribution in [0.15, 0.2) is 12.3 Å². The molecule has 0 bridgehead atoms. The van der Waals surface area contributed by atoms with Crippen LogP contribution in [-0.2, 0) is 10.9 Å². The van der Waals surface area contributed by atoms with Crippen LogP contribution in [0.4, 0.5) is 10.6 Å². The largest absolute Gasteiger partial charge is 0.350 e. The summed E-state index contributed by atoms with van der Waals surface area (Å²) >= 11 is 0. The van der Waals surface area contributed by atoms with Gasteiger partial charge in [0.1, 0.15) is 0 Å². The highest BCUT2D eigenvalue weighted by Crippen LogP contribution is 2.07. The van der Waals surface area contributed by atoms with E-state index in [9.17, 15) is 13.2 Å². The molecular formula is C4H6N4O3S.